The van der Waals surface area contributed by atoms with E-state index in [9.17, 15) is 4.79 Å². The van der Waals surface area contributed by atoms with Crippen LogP contribution in [0.1, 0.15) is 30.3 Å². The summed E-state index contributed by atoms with van der Waals surface area (Å²) in [6.45, 7) is 4.05. The minimum atomic E-state index is -0.905. The van der Waals surface area contributed by atoms with Gasteiger partial charge in [-0.3, -0.25) is 4.79 Å². The number of carboxylic acid groups (broad SMARTS) is 1. The largest absolute Gasteiger partial charge is 0.480 e. The molecule has 0 saturated heterocycles. The van der Waals surface area contributed by atoms with E-state index in [1.165, 1.54) is 5.56 Å². The van der Waals surface area contributed by atoms with Crippen LogP contribution in [0.5, 0.6) is 0 Å². The zero-order chi connectivity index (χ0) is 12.4. The summed E-state index contributed by atoms with van der Waals surface area (Å²) in [7, 11) is 0. The van der Waals surface area contributed by atoms with Gasteiger partial charge in [-0.2, -0.15) is 0 Å². The van der Waals surface area contributed by atoms with Crippen molar-refractivity contribution in [2.45, 2.75) is 33.1 Å². The number of carboxylic acids is 1. The Morgan fingerprint density at radius 2 is 2.29 bits per heavy atom. The summed E-state index contributed by atoms with van der Waals surface area (Å²) in [6, 6.07) is 0. The second kappa shape index (κ2) is 4.69. The number of nitrogens with zero attached hydrogens (tertiary/aromatic N) is 2. The molecule has 2 N–H and O–H groups in total. The van der Waals surface area contributed by atoms with Crippen LogP contribution in [-0.4, -0.2) is 27.6 Å². The number of anilines is 1. The van der Waals surface area contributed by atoms with E-state index < -0.39 is 5.97 Å². The van der Waals surface area contributed by atoms with Crippen LogP contribution in [-0.2, 0) is 17.6 Å². The van der Waals surface area contributed by atoms with Gasteiger partial charge in [-0.05, 0) is 37.7 Å². The molecule has 92 valence electrons. The lowest BCUT2D eigenvalue weighted by Crippen LogP contribution is -2.19. The van der Waals surface area contributed by atoms with Crippen molar-refractivity contribution >= 4 is 11.9 Å². The van der Waals surface area contributed by atoms with Gasteiger partial charge >= 0.3 is 5.97 Å². The molecule has 17 heavy (non-hydrogen) atoms. The Morgan fingerprint density at radius 3 is 3.00 bits per heavy atom. The minimum absolute atomic E-state index is 0.144. The van der Waals surface area contributed by atoms with E-state index in [4.69, 9.17) is 5.11 Å². The lowest BCUT2D eigenvalue weighted by Gasteiger charge is -2.22. The molecule has 0 aliphatic heterocycles. The maximum absolute atomic E-state index is 10.5. The highest BCUT2D eigenvalue weighted by Gasteiger charge is 2.19. The number of fused-ring (bicyclic) bond motifs is 1. The van der Waals surface area contributed by atoms with Crippen molar-refractivity contribution in [2.75, 3.05) is 11.9 Å². The Bertz CT molecular complexity index is 446. The highest BCUT2D eigenvalue weighted by molar-refractivity contribution is 5.71. The second-order valence-corrected chi connectivity index (χ2v) is 4.65. The first-order chi connectivity index (χ1) is 8.06. The van der Waals surface area contributed by atoms with E-state index in [1.807, 2.05) is 6.92 Å². The molecule has 5 nitrogen and oxygen atoms in total. The van der Waals surface area contributed by atoms with Crippen LogP contribution in [0.2, 0.25) is 0 Å². The predicted octanol–water partition coefficient (Wildman–Crippen LogP) is 1.41. The molecule has 1 aliphatic rings. The average molecular weight is 235 g/mol. The average Bonchev–Trinajstić information content (AvgIpc) is 2.27. The van der Waals surface area contributed by atoms with Gasteiger partial charge in [0.2, 0.25) is 5.95 Å². The van der Waals surface area contributed by atoms with Crippen molar-refractivity contribution in [3.05, 3.63) is 17.0 Å². The lowest BCUT2D eigenvalue weighted by atomic mass is 9.87. The quantitative estimate of drug-likeness (QED) is 0.828. The lowest BCUT2D eigenvalue weighted by molar-refractivity contribution is -0.134. The molecule has 2 rings (SSSR count). The maximum Gasteiger partial charge on any atom is 0.322 e. The normalized spacial score (nSPS) is 18.6. The van der Waals surface area contributed by atoms with Crippen molar-refractivity contribution in [2.24, 2.45) is 5.92 Å². The Hall–Kier alpha value is -1.65. The van der Waals surface area contributed by atoms with E-state index in [-0.39, 0.29) is 6.54 Å². The first-order valence-electron chi connectivity index (χ1n) is 5.88. The molecule has 0 aromatic carbocycles. The SMILES string of the molecule is Cc1nc(NCC(=O)O)nc2c1CC(C)CC2. The number of aliphatic carboxylic acids is 1. The van der Waals surface area contributed by atoms with Gasteiger partial charge in [-0.25, -0.2) is 9.97 Å². The van der Waals surface area contributed by atoms with Gasteiger partial charge in [-0.15, -0.1) is 0 Å². The number of hydrogen-bond donors (Lipinski definition) is 2. The fraction of sp³-hybridized carbons (Fsp3) is 0.583. The maximum atomic E-state index is 10.5. The minimum Gasteiger partial charge on any atom is -0.480 e. The summed E-state index contributed by atoms with van der Waals surface area (Å²) in [4.78, 5) is 19.2. The molecule has 0 bridgehead atoms. The first kappa shape index (κ1) is 11.8. The smallest absolute Gasteiger partial charge is 0.322 e. The summed E-state index contributed by atoms with van der Waals surface area (Å²) < 4.78 is 0. The molecule has 0 amide bonds. The molecule has 1 aliphatic carbocycles. The highest BCUT2D eigenvalue weighted by atomic mass is 16.4. The van der Waals surface area contributed by atoms with Crippen molar-refractivity contribution in [1.29, 1.82) is 0 Å². The second-order valence-electron chi connectivity index (χ2n) is 4.65. The zero-order valence-electron chi connectivity index (χ0n) is 10.2. The Morgan fingerprint density at radius 1 is 1.53 bits per heavy atom. The van der Waals surface area contributed by atoms with Gasteiger partial charge in [-0.1, -0.05) is 6.92 Å². The predicted molar refractivity (Wildman–Crippen MR) is 64.1 cm³/mol. The van der Waals surface area contributed by atoms with E-state index >= 15 is 0 Å². The third-order valence-electron chi connectivity index (χ3n) is 3.12. The van der Waals surface area contributed by atoms with Crippen molar-refractivity contribution in [3.8, 4) is 0 Å². The van der Waals surface area contributed by atoms with Crippen molar-refractivity contribution in [1.82, 2.24) is 9.97 Å². The van der Waals surface area contributed by atoms with E-state index in [2.05, 4.69) is 22.2 Å². The molecule has 1 unspecified atom stereocenters. The first-order valence-corrected chi connectivity index (χ1v) is 5.88. The summed E-state index contributed by atoms with van der Waals surface area (Å²) in [5, 5.41) is 11.3. The van der Waals surface area contributed by atoms with E-state index in [1.54, 1.807) is 0 Å². The number of carbonyl (C=O) groups is 1. The zero-order valence-corrected chi connectivity index (χ0v) is 10.2. The molecule has 5 heteroatoms. The molecule has 0 fully saturated rings. The molecule has 0 spiro atoms. The standard InChI is InChI=1S/C12H17N3O2/c1-7-3-4-10-9(5-7)8(2)14-12(15-10)13-6-11(16)17/h7H,3-6H2,1-2H3,(H,16,17)(H,13,14,15). The third-order valence-corrected chi connectivity index (χ3v) is 3.12. The molecular weight excluding hydrogens is 218 g/mol. The third kappa shape index (κ3) is 2.72. The fourth-order valence-corrected chi connectivity index (χ4v) is 2.20. The molecule has 0 saturated carbocycles. The van der Waals surface area contributed by atoms with Crippen LogP contribution in [0, 0.1) is 12.8 Å². The molecular formula is C12H17N3O2. The molecule has 0 radical (unpaired) electrons. The van der Waals surface area contributed by atoms with E-state index in [0.717, 1.165) is 30.7 Å². The van der Waals surface area contributed by atoms with Gasteiger partial charge < -0.3 is 10.4 Å². The van der Waals surface area contributed by atoms with E-state index in [0.29, 0.717) is 11.9 Å². The monoisotopic (exact) mass is 235 g/mol. The van der Waals surface area contributed by atoms with Crippen LogP contribution in [0.15, 0.2) is 0 Å². The van der Waals surface area contributed by atoms with Gasteiger partial charge in [0.1, 0.15) is 6.54 Å². The number of hydrogen-bond acceptors (Lipinski definition) is 4. The number of aryl methyl sites for hydroxylation is 2. The van der Waals surface area contributed by atoms with Crippen LogP contribution in [0.4, 0.5) is 5.95 Å². The fourth-order valence-electron chi connectivity index (χ4n) is 2.20. The van der Waals surface area contributed by atoms with Crippen LogP contribution < -0.4 is 5.32 Å². The molecule has 1 aromatic heterocycles. The van der Waals surface area contributed by atoms with Crippen molar-refractivity contribution < 1.29 is 9.90 Å². The Kier molecular flexibility index (Phi) is 3.26. The summed E-state index contributed by atoms with van der Waals surface area (Å²) in [5.74, 6) is 0.207. The van der Waals surface area contributed by atoms with Crippen LogP contribution >= 0.6 is 0 Å². The number of aromatic nitrogens is 2. The van der Waals surface area contributed by atoms with Gasteiger partial charge in [0, 0.05) is 11.4 Å². The number of rotatable bonds is 3. The summed E-state index contributed by atoms with van der Waals surface area (Å²) in [5.41, 5.74) is 3.28. The molecule has 1 atom stereocenters. The molecule has 1 aromatic rings. The highest BCUT2D eigenvalue weighted by Crippen LogP contribution is 2.26. The van der Waals surface area contributed by atoms with Crippen LogP contribution in [0.25, 0.3) is 0 Å². The van der Waals surface area contributed by atoms with Gasteiger partial charge in [0.15, 0.2) is 0 Å². The topological polar surface area (TPSA) is 75.1 Å². The summed E-state index contributed by atoms with van der Waals surface area (Å²) >= 11 is 0. The summed E-state index contributed by atoms with van der Waals surface area (Å²) in [6.07, 6.45) is 3.13. The van der Waals surface area contributed by atoms with Gasteiger partial charge in [0.25, 0.3) is 0 Å². The Labute approximate surface area is 100 Å². The molecule has 1 heterocycles. The van der Waals surface area contributed by atoms with Gasteiger partial charge in [0.05, 0.1) is 0 Å². The number of nitrogens with one attached hydrogen (secondary N) is 1. The Balaban J connectivity index is 2.22. The van der Waals surface area contributed by atoms with Crippen LogP contribution in [0.3, 0.4) is 0 Å². The van der Waals surface area contributed by atoms with Crippen molar-refractivity contribution in [3.63, 3.8) is 0 Å².